The van der Waals surface area contributed by atoms with Crippen molar-refractivity contribution >= 4 is 35.8 Å². The fourth-order valence-electron chi connectivity index (χ4n) is 8.02. The van der Waals surface area contributed by atoms with Crippen LogP contribution in [-0.4, -0.2) is 30.8 Å². The third kappa shape index (κ3) is 4.45. The van der Waals surface area contributed by atoms with Crippen molar-refractivity contribution < 1.29 is 14.0 Å². The monoisotopic (exact) mass is 579 g/mol. The maximum Gasteiger partial charge on any atom is 0.189 e. The molecule has 5 atom stereocenters. The summed E-state index contributed by atoms with van der Waals surface area (Å²) in [7, 11) is -2.05. The lowest BCUT2D eigenvalue weighted by Gasteiger charge is -2.55. The molecule has 4 aliphatic carbocycles. The molecule has 196 valence electrons. The van der Waals surface area contributed by atoms with Gasteiger partial charge >= 0.3 is 0 Å². The van der Waals surface area contributed by atoms with Crippen molar-refractivity contribution in [2.24, 2.45) is 17.3 Å². The summed E-state index contributed by atoms with van der Waals surface area (Å²) in [5, 5.41) is 11.7. The highest BCUT2D eigenvalue weighted by molar-refractivity contribution is 9.09. The Morgan fingerprint density at radius 1 is 1.19 bits per heavy atom. The molecular formula is C31H38BrNO3Si. The maximum absolute atomic E-state index is 12.3. The molecule has 0 amide bonds. The van der Waals surface area contributed by atoms with Gasteiger partial charge in [-0.1, -0.05) is 52.7 Å². The zero-order chi connectivity index (χ0) is 26.6. The van der Waals surface area contributed by atoms with Crippen LogP contribution in [0, 0.1) is 28.6 Å². The van der Waals surface area contributed by atoms with E-state index in [0.29, 0.717) is 18.3 Å². The van der Waals surface area contributed by atoms with E-state index in [1.807, 2.05) is 18.2 Å². The standard InChI is InChI=1S/C31H38BrNO3Si/c1-20(34)21-5-7-22(8-6-21)27-18-30(2)28(13-14-31(30,19-33)36-37(3,4)16-15-32)26-11-9-23-17-24(35)10-12-25(23)29(26)27/h5-8,17,26-28H,9-16,18H2,1-4H3/t26-,27+,28-,30-,31-/m0/s1. The van der Waals surface area contributed by atoms with E-state index in [0.717, 1.165) is 55.5 Å². The molecule has 0 N–H and O–H groups in total. The van der Waals surface area contributed by atoms with Gasteiger partial charge in [-0.15, -0.1) is 0 Å². The first-order valence-corrected chi connectivity index (χ1v) is 18.0. The lowest BCUT2D eigenvalue weighted by atomic mass is 9.51. The Morgan fingerprint density at radius 2 is 1.92 bits per heavy atom. The Morgan fingerprint density at radius 3 is 2.57 bits per heavy atom. The largest absolute Gasteiger partial charge is 0.399 e. The van der Waals surface area contributed by atoms with Crippen molar-refractivity contribution in [1.82, 2.24) is 0 Å². The first-order chi connectivity index (χ1) is 17.5. The molecular weight excluding hydrogens is 542 g/mol. The van der Waals surface area contributed by atoms with Crippen LogP contribution in [0.3, 0.4) is 0 Å². The third-order valence-electron chi connectivity index (χ3n) is 9.90. The minimum atomic E-state index is -2.05. The second kappa shape index (κ2) is 9.74. The number of hydrogen-bond donors (Lipinski definition) is 0. The Bertz CT molecular complexity index is 1230. The van der Waals surface area contributed by atoms with Gasteiger partial charge in [0.05, 0.1) is 6.07 Å². The quantitative estimate of drug-likeness (QED) is 0.197. The van der Waals surface area contributed by atoms with Gasteiger partial charge in [0.2, 0.25) is 0 Å². The van der Waals surface area contributed by atoms with Gasteiger partial charge < -0.3 is 4.43 Å². The summed E-state index contributed by atoms with van der Waals surface area (Å²) in [6.45, 7) is 8.43. The molecule has 0 spiro atoms. The van der Waals surface area contributed by atoms with Crippen molar-refractivity contribution in [1.29, 1.82) is 5.26 Å². The number of hydrogen-bond acceptors (Lipinski definition) is 4. The van der Waals surface area contributed by atoms with E-state index in [4.69, 9.17) is 4.43 Å². The van der Waals surface area contributed by atoms with Crippen molar-refractivity contribution in [2.75, 3.05) is 5.33 Å². The highest BCUT2D eigenvalue weighted by atomic mass is 79.9. The molecule has 4 nitrogen and oxygen atoms in total. The van der Waals surface area contributed by atoms with E-state index >= 15 is 0 Å². The second-order valence-corrected chi connectivity index (χ2v) is 17.5. The van der Waals surface area contributed by atoms with Crippen LogP contribution >= 0.6 is 15.9 Å². The molecule has 2 saturated carbocycles. The maximum atomic E-state index is 12.3. The van der Waals surface area contributed by atoms with Gasteiger partial charge in [-0.3, -0.25) is 9.59 Å². The molecule has 6 heteroatoms. The first kappa shape index (κ1) is 26.8. The number of carbonyl (C=O) groups is 2. The molecule has 0 radical (unpaired) electrons. The Balaban J connectivity index is 1.64. The van der Waals surface area contributed by atoms with Crippen molar-refractivity contribution in [3.63, 3.8) is 0 Å². The molecule has 37 heavy (non-hydrogen) atoms. The van der Waals surface area contributed by atoms with Crippen molar-refractivity contribution in [3.05, 3.63) is 58.2 Å². The van der Waals surface area contributed by atoms with Crippen LogP contribution in [0.5, 0.6) is 0 Å². The Labute approximate surface area is 230 Å². The smallest absolute Gasteiger partial charge is 0.189 e. The SMILES string of the molecule is CC(=O)c1ccc([C@H]2C[C@@]3(C)[C@@H](CC[C@@]3(C#N)O[Si](C)(C)CCBr)[C@@H]3CCC4=CC(=O)CCC4=C32)cc1. The normalized spacial score (nSPS) is 33.2. The van der Waals surface area contributed by atoms with E-state index < -0.39 is 13.9 Å². The Kier molecular flexibility index (Phi) is 7.05. The first-order valence-electron chi connectivity index (χ1n) is 13.8. The predicted molar refractivity (Wildman–Crippen MR) is 152 cm³/mol. The van der Waals surface area contributed by atoms with Crippen LogP contribution in [-0.2, 0) is 9.22 Å². The highest BCUT2D eigenvalue weighted by Gasteiger charge is 2.65. The third-order valence-corrected chi connectivity index (χ3v) is 13.4. The molecule has 4 aliphatic rings. The zero-order valence-electron chi connectivity index (χ0n) is 22.5. The molecule has 0 aliphatic heterocycles. The topological polar surface area (TPSA) is 67.2 Å². The van der Waals surface area contributed by atoms with Crippen molar-refractivity contribution in [3.8, 4) is 6.07 Å². The van der Waals surface area contributed by atoms with Crippen LogP contribution in [0.2, 0.25) is 19.1 Å². The van der Waals surface area contributed by atoms with E-state index in [-0.39, 0.29) is 22.9 Å². The predicted octanol–water partition coefficient (Wildman–Crippen LogP) is 7.67. The summed E-state index contributed by atoms with van der Waals surface area (Å²) in [5.41, 5.74) is 5.05. The van der Waals surface area contributed by atoms with Crippen molar-refractivity contribution in [2.45, 2.75) is 89.5 Å². The lowest BCUT2D eigenvalue weighted by molar-refractivity contribution is -0.114. The fourth-order valence-corrected chi connectivity index (χ4v) is 12.8. The number of carbonyl (C=O) groups excluding carboxylic acids is 2. The van der Waals surface area contributed by atoms with E-state index in [1.165, 1.54) is 22.3 Å². The molecule has 5 rings (SSSR count). The summed E-state index contributed by atoms with van der Waals surface area (Å²) < 4.78 is 7.01. The molecule has 0 bridgehead atoms. The number of fused-ring (bicyclic) bond motifs is 4. The average molecular weight is 581 g/mol. The molecule has 0 unspecified atom stereocenters. The van der Waals surface area contributed by atoms with Gasteiger partial charge in [0.15, 0.2) is 19.9 Å². The molecule has 0 heterocycles. The number of Topliss-reactive ketones (excluding diaryl/α,β-unsaturated/α-hetero) is 1. The number of alkyl halides is 1. The van der Waals surface area contributed by atoms with Gasteiger partial charge in [-0.2, -0.15) is 5.26 Å². The van der Waals surface area contributed by atoms with Crippen LogP contribution in [0.1, 0.15) is 80.6 Å². The second-order valence-electron chi connectivity index (χ2n) is 12.5. The van der Waals surface area contributed by atoms with E-state index in [9.17, 15) is 14.9 Å². The minimum Gasteiger partial charge on any atom is -0.399 e. The number of ketones is 2. The molecule has 2 fully saturated rings. The summed E-state index contributed by atoms with van der Waals surface area (Å²) in [6.07, 6.45) is 7.96. The molecule has 0 aromatic heterocycles. The van der Waals surface area contributed by atoms with Gasteiger partial charge in [0.25, 0.3) is 0 Å². The Hall–Kier alpha value is -1.81. The number of halogens is 1. The van der Waals surface area contributed by atoms with Crippen LogP contribution in [0.15, 0.2) is 47.1 Å². The lowest BCUT2D eigenvalue weighted by Crippen LogP contribution is -2.56. The summed E-state index contributed by atoms with van der Waals surface area (Å²) >= 11 is 3.61. The van der Waals surface area contributed by atoms with Gasteiger partial charge in [-0.25, -0.2) is 0 Å². The summed E-state index contributed by atoms with van der Waals surface area (Å²) in [5.74, 6) is 1.28. The zero-order valence-corrected chi connectivity index (χ0v) is 25.1. The fraction of sp³-hybridized carbons (Fsp3) is 0.581. The van der Waals surface area contributed by atoms with Crippen LogP contribution in [0.25, 0.3) is 0 Å². The summed E-state index contributed by atoms with van der Waals surface area (Å²) in [4.78, 5) is 24.3. The van der Waals surface area contributed by atoms with E-state index in [1.54, 1.807) is 6.92 Å². The van der Waals surface area contributed by atoms with Gasteiger partial charge in [0, 0.05) is 28.6 Å². The molecule has 1 aromatic rings. The number of rotatable bonds is 6. The number of nitrogens with zero attached hydrogens (tertiary/aromatic N) is 1. The van der Waals surface area contributed by atoms with Gasteiger partial charge in [0.1, 0.15) is 5.60 Å². The highest BCUT2D eigenvalue weighted by Crippen LogP contribution is 2.67. The van der Waals surface area contributed by atoms with Crippen LogP contribution in [0.4, 0.5) is 0 Å². The van der Waals surface area contributed by atoms with E-state index in [2.05, 4.69) is 54.1 Å². The minimum absolute atomic E-state index is 0.0717. The van der Waals surface area contributed by atoms with Gasteiger partial charge in [-0.05, 0) is 99.2 Å². The number of nitriles is 1. The summed E-state index contributed by atoms with van der Waals surface area (Å²) in [6, 6.07) is 11.9. The molecule has 0 saturated heterocycles. The number of benzene rings is 1. The number of allylic oxidation sites excluding steroid dienone is 4. The molecule has 1 aromatic carbocycles. The average Bonchev–Trinajstić information content (AvgIpc) is 3.14. The van der Waals surface area contributed by atoms with Crippen LogP contribution < -0.4 is 0 Å².